The summed E-state index contributed by atoms with van der Waals surface area (Å²) in [6.45, 7) is 3.64. The third kappa shape index (κ3) is 9.17. The van der Waals surface area contributed by atoms with E-state index in [-0.39, 0.29) is 73.1 Å². The fraction of sp³-hybridized carbons (Fsp3) is 0.310. The number of nitro benzene ring substituents is 1. The topological polar surface area (TPSA) is 188 Å². The summed E-state index contributed by atoms with van der Waals surface area (Å²) in [7, 11) is 1.67. The van der Waals surface area contributed by atoms with Gasteiger partial charge >= 0.3 is 11.9 Å². The van der Waals surface area contributed by atoms with Gasteiger partial charge in [0.1, 0.15) is 24.7 Å². The molecule has 1 N–H and O–H groups in total. The molecule has 0 radical (unpaired) electrons. The molecule has 4 aromatic rings. The number of rotatable bonds is 17. The van der Waals surface area contributed by atoms with Crippen molar-refractivity contribution in [3.8, 4) is 5.75 Å². The molecule has 0 bridgehead atoms. The van der Waals surface area contributed by atoms with E-state index in [9.17, 15) is 39.2 Å². The van der Waals surface area contributed by atoms with E-state index in [1.807, 2.05) is 60.7 Å². The van der Waals surface area contributed by atoms with Crippen molar-refractivity contribution in [3.63, 3.8) is 0 Å². The molecule has 2 aliphatic rings. The number of aliphatic hydroxyl groups is 1. The van der Waals surface area contributed by atoms with Gasteiger partial charge < -0.3 is 24.3 Å². The Hall–Kier alpha value is -6.45. The van der Waals surface area contributed by atoms with Crippen LogP contribution in [-0.2, 0) is 38.8 Å². The summed E-state index contributed by atoms with van der Waals surface area (Å²) in [6, 6.07) is 24.2. The van der Waals surface area contributed by atoms with E-state index in [0.29, 0.717) is 11.3 Å². The van der Waals surface area contributed by atoms with Crippen molar-refractivity contribution in [1.82, 2.24) is 14.5 Å². The van der Waals surface area contributed by atoms with E-state index < -0.39 is 46.8 Å². The minimum absolute atomic E-state index is 0.0350. The molecule has 15 nitrogen and oxygen atoms in total. The van der Waals surface area contributed by atoms with Gasteiger partial charge in [-0.3, -0.25) is 29.4 Å². The first kappa shape index (κ1) is 40.2. The number of fused-ring (bicyclic) bond motifs is 1. The number of ether oxygens (including phenoxy) is 2. The lowest BCUT2D eigenvalue weighted by Crippen LogP contribution is -2.63. The Kier molecular flexibility index (Phi) is 12.4. The number of non-ortho nitro benzene ring substituents is 1. The van der Waals surface area contributed by atoms with Gasteiger partial charge in [0, 0.05) is 37.1 Å². The second kappa shape index (κ2) is 17.6. The summed E-state index contributed by atoms with van der Waals surface area (Å²) in [6.07, 6.45) is 0.676. The van der Waals surface area contributed by atoms with Crippen molar-refractivity contribution in [2.45, 2.75) is 52.0 Å². The Morgan fingerprint density at radius 2 is 1.56 bits per heavy atom. The molecule has 1 aromatic heterocycles. The van der Waals surface area contributed by atoms with Crippen LogP contribution in [0.5, 0.6) is 5.75 Å². The number of ketones is 1. The standard InChI is InChI=1S/C42H42N4O11/c1-26-34(39(45-38(26)37(27(2)47)40(45)50)42(52)57-41(51)30-14-16-31(17-15-30)46(53)54)22-43(3)21-33(48)19-18-32-20-35(49)36(55-24-28-10-6-4-7-11-28)23-44(32)56-25-29-12-8-5-9-13-29/h4-17,20,23,26-27,37-38,47H,18-19,21-22,24-25H2,1-3H3/t26-,27+,37+,38+/m0/s1. The number of likely N-dealkylation sites (N-methyl/N-ethyl adjacent to an activating group) is 1. The zero-order valence-electron chi connectivity index (χ0n) is 31.6. The number of amides is 1. The monoisotopic (exact) mass is 778 g/mol. The molecule has 1 fully saturated rings. The van der Waals surface area contributed by atoms with E-state index in [0.717, 1.165) is 35.4 Å². The van der Waals surface area contributed by atoms with E-state index >= 15 is 0 Å². The molecule has 3 aromatic carbocycles. The van der Waals surface area contributed by atoms with Gasteiger partial charge in [-0.15, -0.1) is 0 Å². The molecule has 15 heteroatoms. The van der Waals surface area contributed by atoms with Crippen LogP contribution >= 0.6 is 0 Å². The van der Waals surface area contributed by atoms with Crippen LogP contribution in [0.25, 0.3) is 0 Å². The molecule has 57 heavy (non-hydrogen) atoms. The number of β-lactam (4-membered cyclic amide) rings is 1. The van der Waals surface area contributed by atoms with Crippen LogP contribution < -0.4 is 15.0 Å². The second-order valence-corrected chi connectivity index (χ2v) is 14.2. The number of carbonyl (C=O) groups is 4. The first-order valence-electron chi connectivity index (χ1n) is 18.4. The van der Waals surface area contributed by atoms with Crippen LogP contribution in [0.15, 0.2) is 113 Å². The van der Waals surface area contributed by atoms with E-state index in [2.05, 4.69) is 0 Å². The Morgan fingerprint density at radius 1 is 0.930 bits per heavy atom. The fourth-order valence-corrected chi connectivity index (χ4v) is 7.15. The van der Waals surface area contributed by atoms with Crippen molar-refractivity contribution in [2.24, 2.45) is 11.8 Å². The second-order valence-electron chi connectivity index (χ2n) is 14.2. The number of carbonyl (C=O) groups excluding carboxylic acids is 4. The molecule has 1 saturated heterocycles. The highest BCUT2D eigenvalue weighted by atomic mass is 16.7. The lowest BCUT2D eigenvalue weighted by molar-refractivity contribution is -0.384. The molecule has 0 saturated carbocycles. The van der Waals surface area contributed by atoms with Crippen molar-refractivity contribution < 1.29 is 43.5 Å². The molecular formula is C42H42N4O11. The summed E-state index contributed by atoms with van der Waals surface area (Å²) < 4.78 is 12.5. The average Bonchev–Trinajstić information content (AvgIpc) is 3.43. The molecule has 6 rings (SSSR count). The van der Waals surface area contributed by atoms with Gasteiger partial charge in [-0.2, -0.15) is 4.73 Å². The quantitative estimate of drug-likeness (QED) is 0.0537. The van der Waals surface area contributed by atoms with Gasteiger partial charge in [-0.25, -0.2) is 9.59 Å². The number of esters is 2. The number of pyridine rings is 1. The van der Waals surface area contributed by atoms with Crippen LogP contribution in [0.4, 0.5) is 5.69 Å². The number of hydrogen-bond donors (Lipinski definition) is 1. The Balaban J connectivity index is 1.15. The maximum Gasteiger partial charge on any atom is 0.362 e. The number of Topliss-reactive ketones (excluding diaryl/α,β-unsaturated/α-hetero) is 1. The third-order valence-corrected chi connectivity index (χ3v) is 10.1. The Labute approximate surface area is 327 Å². The summed E-state index contributed by atoms with van der Waals surface area (Å²) >= 11 is 0. The molecule has 4 atom stereocenters. The number of nitro groups is 1. The van der Waals surface area contributed by atoms with Gasteiger partial charge in [-0.1, -0.05) is 67.6 Å². The fourth-order valence-electron chi connectivity index (χ4n) is 7.15. The molecule has 3 heterocycles. The maximum absolute atomic E-state index is 13.6. The van der Waals surface area contributed by atoms with Gasteiger partial charge in [-0.05, 0) is 49.2 Å². The lowest BCUT2D eigenvalue weighted by atomic mass is 9.77. The molecule has 0 aliphatic carbocycles. The summed E-state index contributed by atoms with van der Waals surface area (Å²) in [5.41, 5.74) is 1.82. The third-order valence-electron chi connectivity index (χ3n) is 10.1. The highest BCUT2D eigenvalue weighted by Gasteiger charge is 2.60. The largest absolute Gasteiger partial charge is 0.483 e. The van der Waals surface area contributed by atoms with Crippen molar-refractivity contribution in [1.29, 1.82) is 0 Å². The molecule has 296 valence electrons. The van der Waals surface area contributed by atoms with Gasteiger partial charge in [0.05, 0.1) is 47.0 Å². The minimum atomic E-state index is -1.09. The van der Waals surface area contributed by atoms with E-state index in [4.69, 9.17) is 14.3 Å². The normalized spacial score (nSPS) is 17.8. The van der Waals surface area contributed by atoms with Gasteiger partial charge in [0.2, 0.25) is 11.3 Å². The number of aryl methyl sites for hydroxylation is 1. The molecule has 0 unspecified atom stereocenters. The first-order valence-corrected chi connectivity index (χ1v) is 18.4. The average molecular weight is 779 g/mol. The molecular weight excluding hydrogens is 736 g/mol. The van der Waals surface area contributed by atoms with Crippen LogP contribution in [-0.4, -0.2) is 80.5 Å². The highest BCUT2D eigenvalue weighted by molar-refractivity contribution is 6.06. The first-order chi connectivity index (χ1) is 27.3. The van der Waals surface area contributed by atoms with E-state index in [1.165, 1.54) is 28.8 Å². The minimum Gasteiger partial charge on any atom is -0.483 e. The predicted molar refractivity (Wildman–Crippen MR) is 205 cm³/mol. The Bertz CT molecular complexity index is 2240. The number of aromatic nitrogens is 1. The lowest BCUT2D eigenvalue weighted by Gasteiger charge is -2.46. The smallest absolute Gasteiger partial charge is 0.362 e. The van der Waals surface area contributed by atoms with Crippen molar-refractivity contribution in [3.05, 3.63) is 151 Å². The maximum atomic E-state index is 13.6. The van der Waals surface area contributed by atoms with Crippen LogP contribution in [0.2, 0.25) is 0 Å². The molecule has 1 amide bonds. The SMILES string of the molecule is C[C@@H](O)[C@H]1C(=O)N2C(C(=O)OC(=O)c3ccc([N+](=O)[O-])cc3)=C(CN(C)CC(=O)CCc3cc(=O)c(OCc4ccccc4)cn3OCc3ccccc3)[C@H](C)[C@H]12. The van der Waals surface area contributed by atoms with E-state index in [1.54, 1.807) is 18.9 Å². The zero-order chi connectivity index (χ0) is 40.8. The van der Waals surface area contributed by atoms with Crippen molar-refractivity contribution in [2.75, 3.05) is 20.1 Å². The number of nitrogens with zero attached hydrogens (tertiary/aromatic N) is 4. The van der Waals surface area contributed by atoms with Crippen LogP contribution in [0.1, 0.15) is 47.4 Å². The van der Waals surface area contributed by atoms with Crippen molar-refractivity contribution >= 4 is 29.3 Å². The zero-order valence-corrected chi connectivity index (χ0v) is 31.6. The predicted octanol–water partition coefficient (Wildman–Crippen LogP) is 3.89. The van der Waals surface area contributed by atoms with Crippen LogP contribution in [0, 0.1) is 22.0 Å². The summed E-state index contributed by atoms with van der Waals surface area (Å²) in [5, 5.41) is 21.4. The van der Waals surface area contributed by atoms with Crippen LogP contribution in [0.3, 0.4) is 0 Å². The summed E-state index contributed by atoms with van der Waals surface area (Å²) in [5.74, 6) is -3.97. The summed E-state index contributed by atoms with van der Waals surface area (Å²) in [4.78, 5) is 85.6. The molecule has 0 spiro atoms. The highest BCUT2D eigenvalue weighted by Crippen LogP contribution is 2.47. The number of hydrogen-bond acceptors (Lipinski definition) is 12. The Morgan fingerprint density at radius 3 is 2.18 bits per heavy atom. The number of benzene rings is 3. The van der Waals surface area contributed by atoms with Gasteiger partial charge in [0.25, 0.3) is 5.69 Å². The number of aliphatic hydroxyl groups excluding tert-OH is 1. The van der Waals surface area contributed by atoms with Gasteiger partial charge in [0.15, 0.2) is 5.75 Å². The molecule has 2 aliphatic heterocycles.